The van der Waals surface area contributed by atoms with Crippen LogP contribution in [0.2, 0.25) is 0 Å². The predicted octanol–water partition coefficient (Wildman–Crippen LogP) is 3.22. The Morgan fingerprint density at radius 2 is 1.80 bits per heavy atom. The van der Waals surface area contributed by atoms with Crippen molar-refractivity contribution in [3.05, 3.63) is 0 Å². The van der Waals surface area contributed by atoms with E-state index in [2.05, 4.69) is 15.6 Å². The zero-order valence-electron chi connectivity index (χ0n) is 13.1. The van der Waals surface area contributed by atoms with E-state index >= 15 is 0 Å². The Labute approximate surface area is 120 Å². The minimum atomic E-state index is -4.18. The Bertz CT molecular complexity index is 288. The molecule has 0 heterocycles. The summed E-state index contributed by atoms with van der Waals surface area (Å²) in [5.74, 6) is 0.775. The summed E-state index contributed by atoms with van der Waals surface area (Å²) in [6.45, 7) is 8.39. The summed E-state index contributed by atoms with van der Waals surface area (Å²) in [7, 11) is 1.72. The van der Waals surface area contributed by atoms with Gasteiger partial charge in [-0.25, -0.2) is 0 Å². The van der Waals surface area contributed by atoms with E-state index in [1.54, 1.807) is 20.9 Å². The van der Waals surface area contributed by atoms with Gasteiger partial charge in [0.25, 0.3) is 0 Å². The fourth-order valence-corrected chi connectivity index (χ4v) is 2.21. The van der Waals surface area contributed by atoms with Crippen molar-refractivity contribution in [3.63, 3.8) is 0 Å². The molecule has 0 bridgehead atoms. The minimum Gasteiger partial charge on any atom is -0.374 e. The Balaban J connectivity index is 4.17. The molecule has 6 heteroatoms. The van der Waals surface area contributed by atoms with E-state index in [9.17, 15) is 13.2 Å². The average Bonchev–Trinajstić information content (AvgIpc) is 2.33. The molecule has 1 unspecified atom stereocenters. The number of hydrogen-bond acceptors (Lipinski definition) is 2. The molecule has 120 valence electrons. The van der Waals surface area contributed by atoms with Gasteiger partial charge in [0.05, 0.1) is 5.84 Å². The van der Waals surface area contributed by atoms with Gasteiger partial charge >= 0.3 is 6.18 Å². The fraction of sp³-hybridized carbons (Fsp3) is 0.929. The second-order valence-corrected chi connectivity index (χ2v) is 5.39. The summed E-state index contributed by atoms with van der Waals surface area (Å²) in [4.78, 5) is 4.12. The number of amidine groups is 1. The maximum Gasteiger partial charge on any atom is 0.404 e. The predicted molar refractivity (Wildman–Crippen MR) is 78.1 cm³/mol. The normalized spacial score (nSPS) is 16.4. The van der Waals surface area contributed by atoms with Gasteiger partial charge in [0.1, 0.15) is 6.04 Å². The number of alkyl halides is 3. The van der Waals surface area contributed by atoms with Crippen LogP contribution in [0.3, 0.4) is 0 Å². The third kappa shape index (κ3) is 7.12. The highest BCUT2D eigenvalue weighted by Gasteiger charge is 2.41. The Kier molecular flexibility index (Phi) is 8.85. The van der Waals surface area contributed by atoms with Crippen molar-refractivity contribution in [1.82, 2.24) is 10.6 Å². The molecule has 0 saturated heterocycles. The molecule has 0 rings (SSSR count). The monoisotopic (exact) mass is 295 g/mol. The highest BCUT2D eigenvalue weighted by atomic mass is 19.4. The highest BCUT2D eigenvalue weighted by Crippen LogP contribution is 2.27. The van der Waals surface area contributed by atoms with Crippen LogP contribution in [0.1, 0.15) is 40.5 Å². The molecule has 0 radical (unpaired) electrons. The van der Waals surface area contributed by atoms with Crippen LogP contribution in [0.4, 0.5) is 13.2 Å². The lowest BCUT2D eigenvalue weighted by Crippen LogP contribution is -2.46. The van der Waals surface area contributed by atoms with Gasteiger partial charge in [-0.05, 0) is 25.3 Å². The van der Waals surface area contributed by atoms with Gasteiger partial charge in [-0.1, -0.05) is 27.7 Å². The molecule has 0 aliphatic heterocycles. The molecule has 0 spiro atoms. The van der Waals surface area contributed by atoms with Gasteiger partial charge in [-0.2, -0.15) is 13.2 Å². The summed E-state index contributed by atoms with van der Waals surface area (Å²) in [5, 5.41) is 5.71. The van der Waals surface area contributed by atoms with Crippen LogP contribution in [-0.2, 0) is 0 Å². The SMILES string of the molecule is CCN[C@@H](C(C)CCCN/C(=N/C)C(C)C)C(F)(F)F. The van der Waals surface area contributed by atoms with E-state index < -0.39 is 18.1 Å². The van der Waals surface area contributed by atoms with Crippen LogP contribution < -0.4 is 10.6 Å². The standard InChI is InChI=1S/C14H28F3N3/c1-6-19-12(14(15,16)17)11(4)8-7-9-20-13(18-5)10(2)3/h10-12,19H,6-9H2,1-5H3,(H,18,20)/t11?,12-/m0/s1. The molecule has 0 amide bonds. The summed E-state index contributed by atoms with van der Waals surface area (Å²) in [5.41, 5.74) is 0. The zero-order chi connectivity index (χ0) is 15.8. The fourth-order valence-electron chi connectivity index (χ4n) is 2.21. The van der Waals surface area contributed by atoms with E-state index in [0.717, 1.165) is 5.84 Å². The van der Waals surface area contributed by atoms with Crippen LogP contribution in [0.25, 0.3) is 0 Å². The summed E-state index contributed by atoms with van der Waals surface area (Å²) in [6, 6.07) is -1.42. The number of halogens is 3. The second-order valence-electron chi connectivity index (χ2n) is 5.39. The smallest absolute Gasteiger partial charge is 0.374 e. The molecule has 2 N–H and O–H groups in total. The van der Waals surface area contributed by atoms with Gasteiger partial charge in [0.15, 0.2) is 0 Å². The highest BCUT2D eigenvalue weighted by molar-refractivity contribution is 5.83. The maximum absolute atomic E-state index is 12.9. The van der Waals surface area contributed by atoms with Crippen molar-refractivity contribution >= 4 is 5.84 Å². The lowest BCUT2D eigenvalue weighted by atomic mass is 9.96. The van der Waals surface area contributed by atoms with Crippen molar-refractivity contribution in [2.75, 3.05) is 20.1 Å². The van der Waals surface area contributed by atoms with Gasteiger partial charge in [-0.15, -0.1) is 0 Å². The Hall–Kier alpha value is -0.780. The van der Waals surface area contributed by atoms with Crippen molar-refractivity contribution < 1.29 is 13.2 Å². The van der Waals surface area contributed by atoms with Gasteiger partial charge in [0, 0.05) is 19.5 Å². The molecule has 0 aliphatic rings. The van der Waals surface area contributed by atoms with Crippen LogP contribution >= 0.6 is 0 Å². The van der Waals surface area contributed by atoms with E-state index in [0.29, 0.717) is 31.8 Å². The molecule has 0 aliphatic carbocycles. The first kappa shape index (κ1) is 19.2. The summed E-state index contributed by atoms with van der Waals surface area (Å²) < 4.78 is 38.6. The maximum atomic E-state index is 12.9. The Morgan fingerprint density at radius 3 is 2.20 bits per heavy atom. The van der Waals surface area contributed by atoms with E-state index in [-0.39, 0.29) is 0 Å². The number of hydrogen-bond donors (Lipinski definition) is 2. The Morgan fingerprint density at radius 1 is 1.20 bits per heavy atom. The lowest BCUT2D eigenvalue weighted by molar-refractivity contribution is -0.166. The van der Waals surface area contributed by atoms with Gasteiger partial charge in [-0.3, -0.25) is 4.99 Å². The molecule has 0 fully saturated rings. The summed E-state index contributed by atoms with van der Waals surface area (Å²) in [6.07, 6.45) is -2.96. The topological polar surface area (TPSA) is 36.4 Å². The molecule has 0 saturated carbocycles. The quantitative estimate of drug-likeness (QED) is 0.410. The molecule has 20 heavy (non-hydrogen) atoms. The van der Waals surface area contributed by atoms with Crippen molar-refractivity contribution in [2.45, 2.75) is 52.8 Å². The lowest BCUT2D eigenvalue weighted by Gasteiger charge is -2.27. The molecule has 0 aromatic heterocycles. The number of aliphatic imine (C=N–C) groups is 1. The zero-order valence-corrected chi connectivity index (χ0v) is 13.1. The molecular formula is C14H28F3N3. The minimum absolute atomic E-state index is 0.308. The first-order valence-corrected chi connectivity index (χ1v) is 7.24. The van der Waals surface area contributed by atoms with Crippen LogP contribution in [-0.4, -0.2) is 38.2 Å². The van der Waals surface area contributed by atoms with Crippen LogP contribution in [0.5, 0.6) is 0 Å². The number of nitrogens with one attached hydrogen (secondary N) is 2. The number of rotatable bonds is 8. The molecular weight excluding hydrogens is 267 g/mol. The van der Waals surface area contributed by atoms with E-state index in [1.165, 1.54) is 0 Å². The van der Waals surface area contributed by atoms with E-state index in [1.807, 2.05) is 13.8 Å². The van der Waals surface area contributed by atoms with Crippen molar-refractivity contribution in [1.29, 1.82) is 0 Å². The van der Waals surface area contributed by atoms with E-state index in [4.69, 9.17) is 0 Å². The first-order valence-electron chi connectivity index (χ1n) is 7.24. The molecule has 3 nitrogen and oxygen atoms in total. The second kappa shape index (κ2) is 9.21. The third-order valence-electron chi connectivity index (χ3n) is 3.28. The first-order chi connectivity index (χ1) is 9.23. The molecule has 2 atom stereocenters. The van der Waals surface area contributed by atoms with Gasteiger partial charge < -0.3 is 10.6 Å². The third-order valence-corrected chi connectivity index (χ3v) is 3.28. The summed E-state index contributed by atoms with van der Waals surface area (Å²) >= 11 is 0. The van der Waals surface area contributed by atoms with Crippen molar-refractivity contribution in [2.24, 2.45) is 16.8 Å². The van der Waals surface area contributed by atoms with Crippen molar-refractivity contribution in [3.8, 4) is 0 Å². The molecule has 0 aromatic carbocycles. The largest absolute Gasteiger partial charge is 0.404 e. The van der Waals surface area contributed by atoms with Gasteiger partial charge in [0.2, 0.25) is 0 Å². The van der Waals surface area contributed by atoms with Crippen LogP contribution in [0, 0.1) is 11.8 Å². The van der Waals surface area contributed by atoms with Crippen LogP contribution in [0.15, 0.2) is 4.99 Å². The average molecular weight is 295 g/mol. The molecule has 0 aromatic rings. The number of nitrogens with zero attached hydrogens (tertiary/aromatic N) is 1.